The molecule has 3 heterocycles. The highest BCUT2D eigenvalue weighted by molar-refractivity contribution is 7.99. The zero-order chi connectivity index (χ0) is 13.9. The second kappa shape index (κ2) is 5.74. The van der Waals surface area contributed by atoms with Crippen molar-refractivity contribution < 1.29 is 0 Å². The molecule has 0 unspecified atom stereocenters. The summed E-state index contributed by atoms with van der Waals surface area (Å²) in [6.07, 6.45) is 6.50. The van der Waals surface area contributed by atoms with E-state index in [1.165, 1.54) is 11.8 Å². The van der Waals surface area contributed by atoms with Crippen molar-refractivity contribution in [3.05, 3.63) is 47.4 Å². The molecule has 0 spiro atoms. The van der Waals surface area contributed by atoms with Crippen LogP contribution in [0.3, 0.4) is 0 Å². The van der Waals surface area contributed by atoms with Crippen molar-refractivity contribution in [1.82, 2.24) is 29.5 Å². The molecule has 0 bridgehead atoms. The molecule has 0 aliphatic heterocycles. The minimum atomic E-state index is 0.111. The maximum Gasteiger partial charge on any atom is 0.240 e. The lowest BCUT2D eigenvalue weighted by Gasteiger charge is -2.03. The summed E-state index contributed by atoms with van der Waals surface area (Å²) in [4.78, 5) is 20.5. The molecule has 3 aromatic rings. The van der Waals surface area contributed by atoms with Crippen molar-refractivity contribution in [1.29, 1.82) is 0 Å². The van der Waals surface area contributed by atoms with Gasteiger partial charge in [-0.1, -0.05) is 11.6 Å². The first-order valence-corrected chi connectivity index (χ1v) is 6.97. The molecular weight excluding hydrogens is 319 g/mol. The molecule has 6 nitrogen and oxygen atoms in total. The van der Waals surface area contributed by atoms with Gasteiger partial charge in [0.05, 0.1) is 5.02 Å². The maximum atomic E-state index is 5.91. The van der Waals surface area contributed by atoms with Gasteiger partial charge in [0.2, 0.25) is 11.2 Å². The summed E-state index contributed by atoms with van der Waals surface area (Å²) in [5.74, 6) is 0.402. The van der Waals surface area contributed by atoms with Crippen LogP contribution in [0.25, 0.3) is 5.95 Å². The molecule has 0 aromatic carbocycles. The Bertz CT molecular complexity index is 716. The van der Waals surface area contributed by atoms with Crippen LogP contribution in [0.15, 0.2) is 47.2 Å². The van der Waals surface area contributed by atoms with Crippen LogP contribution >= 0.6 is 35.0 Å². The molecule has 100 valence electrons. The lowest BCUT2D eigenvalue weighted by Crippen LogP contribution is -2.02. The molecule has 20 heavy (non-hydrogen) atoms. The SMILES string of the molecule is Clc1ccc(Sc2nc(Cl)nc(-n3ccnc3)n2)nc1. The van der Waals surface area contributed by atoms with E-state index in [1.54, 1.807) is 41.6 Å². The number of hydrogen-bond donors (Lipinski definition) is 0. The van der Waals surface area contributed by atoms with E-state index in [0.29, 0.717) is 21.2 Å². The molecule has 0 amide bonds. The van der Waals surface area contributed by atoms with E-state index in [-0.39, 0.29) is 5.28 Å². The third-order valence-corrected chi connectivity index (χ3v) is 3.42. The maximum absolute atomic E-state index is 5.91. The van der Waals surface area contributed by atoms with E-state index in [9.17, 15) is 0 Å². The van der Waals surface area contributed by atoms with Crippen LogP contribution in [0.1, 0.15) is 0 Å². The molecule has 3 aromatic heterocycles. The molecule has 0 radical (unpaired) electrons. The second-order valence-corrected chi connectivity index (χ2v) is 5.34. The first-order chi connectivity index (χ1) is 9.70. The number of nitrogens with zero attached hydrogens (tertiary/aromatic N) is 6. The number of halogens is 2. The number of hydrogen-bond acceptors (Lipinski definition) is 6. The Labute approximate surface area is 128 Å². The molecule has 0 saturated heterocycles. The predicted molar refractivity (Wildman–Crippen MR) is 75.3 cm³/mol. The number of rotatable bonds is 3. The Morgan fingerprint density at radius 1 is 1.10 bits per heavy atom. The number of pyridine rings is 1. The summed E-state index contributed by atoms with van der Waals surface area (Å²) in [7, 11) is 0. The van der Waals surface area contributed by atoms with Crippen LogP contribution in [0, 0.1) is 0 Å². The minimum Gasteiger partial charge on any atom is -0.274 e. The van der Waals surface area contributed by atoms with Gasteiger partial charge in [-0.15, -0.1) is 0 Å². The Kier molecular flexibility index (Phi) is 3.81. The first kappa shape index (κ1) is 13.3. The lowest BCUT2D eigenvalue weighted by molar-refractivity contribution is 0.822. The van der Waals surface area contributed by atoms with Crippen LogP contribution in [0.2, 0.25) is 10.3 Å². The summed E-state index contributed by atoms with van der Waals surface area (Å²) in [6.45, 7) is 0. The van der Waals surface area contributed by atoms with Crippen LogP contribution in [0.5, 0.6) is 0 Å². The lowest BCUT2D eigenvalue weighted by atomic mass is 10.5. The first-order valence-electron chi connectivity index (χ1n) is 5.40. The average molecular weight is 325 g/mol. The second-order valence-electron chi connectivity index (χ2n) is 3.57. The number of aromatic nitrogens is 6. The van der Waals surface area contributed by atoms with E-state index < -0.39 is 0 Å². The fourth-order valence-electron chi connectivity index (χ4n) is 1.38. The molecule has 0 saturated carbocycles. The summed E-state index contributed by atoms with van der Waals surface area (Å²) < 4.78 is 1.65. The third-order valence-electron chi connectivity index (χ3n) is 2.21. The van der Waals surface area contributed by atoms with Crippen LogP contribution in [-0.4, -0.2) is 29.5 Å². The van der Waals surface area contributed by atoms with Crippen molar-refractivity contribution >= 4 is 35.0 Å². The van der Waals surface area contributed by atoms with Crippen molar-refractivity contribution in [2.24, 2.45) is 0 Å². The molecule has 0 atom stereocenters. The normalized spacial score (nSPS) is 10.7. The fraction of sp³-hybridized carbons (Fsp3) is 0. The standard InChI is InChI=1S/C11H6Cl2N6S/c12-7-1-2-8(15-5-7)20-11-17-9(13)16-10(18-11)19-4-3-14-6-19/h1-6H. The summed E-state index contributed by atoms with van der Waals surface area (Å²) in [5, 5.41) is 1.85. The Morgan fingerprint density at radius 3 is 2.70 bits per heavy atom. The van der Waals surface area contributed by atoms with Crippen molar-refractivity contribution in [2.75, 3.05) is 0 Å². The number of imidazole rings is 1. The molecule has 0 fully saturated rings. The van der Waals surface area contributed by atoms with Gasteiger partial charge in [0.25, 0.3) is 0 Å². The van der Waals surface area contributed by atoms with Gasteiger partial charge in [0.1, 0.15) is 11.4 Å². The van der Waals surface area contributed by atoms with E-state index >= 15 is 0 Å². The molecule has 9 heteroatoms. The van der Waals surface area contributed by atoms with Crippen molar-refractivity contribution in [3.8, 4) is 5.95 Å². The van der Waals surface area contributed by atoms with Gasteiger partial charge in [0.15, 0.2) is 5.16 Å². The molecule has 0 N–H and O–H groups in total. The van der Waals surface area contributed by atoms with Crippen LogP contribution < -0.4 is 0 Å². The van der Waals surface area contributed by atoms with E-state index in [2.05, 4.69) is 24.9 Å². The van der Waals surface area contributed by atoms with Gasteiger partial charge < -0.3 is 0 Å². The summed E-state index contributed by atoms with van der Waals surface area (Å²) >= 11 is 13.0. The predicted octanol–water partition coefficient (Wildman–Crippen LogP) is 2.91. The monoisotopic (exact) mass is 324 g/mol. The zero-order valence-corrected chi connectivity index (χ0v) is 12.1. The molecule has 0 aliphatic rings. The quantitative estimate of drug-likeness (QED) is 0.737. The van der Waals surface area contributed by atoms with Gasteiger partial charge in [-0.2, -0.15) is 15.0 Å². The average Bonchev–Trinajstić information content (AvgIpc) is 2.95. The van der Waals surface area contributed by atoms with Crippen LogP contribution in [0.4, 0.5) is 0 Å². The molecular formula is C11H6Cl2N6S. The fourth-order valence-corrected chi connectivity index (χ4v) is 2.38. The summed E-state index contributed by atoms with van der Waals surface area (Å²) in [6, 6.07) is 3.53. The molecule has 0 aliphatic carbocycles. The smallest absolute Gasteiger partial charge is 0.240 e. The highest BCUT2D eigenvalue weighted by Crippen LogP contribution is 2.24. The van der Waals surface area contributed by atoms with Gasteiger partial charge in [0, 0.05) is 18.6 Å². The highest BCUT2D eigenvalue weighted by Gasteiger charge is 2.09. The van der Waals surface area contributed by atoms with Crippen molar-refractivity contribution in [2.45, 2.75) is 10.2 Å². The zero-order valence-electron chi connectivity index (χ0n) is 9.81. The third kappa shape index (κ3) is 3.06. The Balaban J connectivity index is 1.92. The Morgan fingerprint density at radius 2 is 2.00 bits per heavy atom. The van der Waals surface area contributed by atoms with E-state index in [1.807, 2.05) is 0 Å². The van der Waals surface area contributed by atoms with Crippen LogP contribution in [-0.2, 0) is 0 Å². The van der Waals surface area contributed by atoms with Crippen molar-refractivity contribution in [3.63, 3.8) is 0 Å². The largest absolute Gasteiger partial charge is 0.274 e. The van der Waals surface area contributed by atoms with Gasteiger partial charge in [-0.3, -0.25) is 4.57 Å². The minimum absolute atomic E-state index is 0.111. The van der Waals surface area contributed by atoms with Gasteiger partial charge in [-0.05, 0) is 35.5 Å². The Hall–Kier alpha value is -1.70. The molecule has 3 rings (SSSR count). The van der Waals surface area contributed by atoms with E-state index in [4.69, 9.17) is 23.2 Å². The van der Waals surface area contributed by atoms with Gasteiger partial charge in [-0.25, -0.2) is 9.97 Å². The highest BCUT2D eigenvalue weighted by atomic mass is 35.5. The van der Waals surface area contributed by atoms with Gasteiger partial charge >= 0.3 is 0 Å². The topological polar surface area (TPSA) is 69.4 Å². The summed E-state index contributed by atoms with van der Waals surface area (Å²) in [5.41, 5.74) is 0. The van der Waals surface area contributed by atoms with E-state index in [0.717, 1.165) is 0 Å².